The number of ether oxygens (including phenoxy) is 3. The van der Waals surface area contributed by atoms with Gasteiger partial charge in [0.1, 0.15) is 41.1 Å². The number of nitrogens with one attached hydrogen (secondary N) is 1. The largest absolute Gasteiger partial charge is 0.462 e. The van der Waals surface area contributed by atoms with E-state index >= 15 is 8.78 Å². The maximum Gasteiger partial charge on any atom is 0.413 e. The van der Waals surface area contributed by atoms with Crippen LogP contribution in [-0.2, 0) is 9.47 Å². The summed E-state index contributed by atoms with van der Waals surface area (Å²) in [6.45, 7) is 15.8. The molecule has 3 fully saturated rings. The van der Waals surface area contributed by atoms with Gasteiger partial charge in [-0.25, -0.2) is 27.7 Å². The first-order valence-electron chi connectivity index (χ1n) is 18.4. The van der Waals surface area contributed by atoms with Crippen LogP contribution in [0.15, 0.2) is 24.8 Å². The van der Waals surface area contributed by atoms with Crippen LogP contribution in [0.2, 0.25) is 0 Å². The number of hydrogen-bond donors (Lipinski definition) is 1. The number of nitrogens with zero attached hydrogens (tertiary/aromatic N) is 6. The molecule has 2 unspecified atom stereocenters. The lowest BCUT2D eigenvalue weighted by molar-refractivity contribution is 0.0122. The highest BCUT2D eigenvalue weighted by Crippen LogP contribution is 2.43. The molecule has 7 rings (SSSR count). The van der Waals surface area contributed by atoms with Crippen molar-refractivity contribution in [2.24, 2.45) is 0 Å². The number of aromatic nitrogens is 3. The molecule has 3 aliphatic rings. The maximum atomic E-state index is 17.4. The maximum absolute atomic E-state index is 17.4. The number of hydrogen-bond acceptors (Lipinski definition) is 11. The summed E-state index contributed by atoms with van der Waals surface area (Å²) in [5.74, 6) is -0.914. The summed E-state index contributed by atoms with van der Waals surface area (Å²) < 4.78 is 64.2. The van der Waals surface area contributed by atoms with Crippen molar-refractivity contribution in [1.29, 1.82) is 0 Å². The van der Waals surface area contributed by atoms with Crippen LogP contribution in [0.5, 0.6) is 6.01 Å². The molecule has 2 bridgehead atoms. The van der Waals surface area contributed by atoms with Crippen LogP contribution in [-0.4, -0.2) is 106 Å². The molecule has 55 heavy (non-hydrogen) atoms. The predicted molar refractivity (Wildman–Crippen MR) is 207 cm³/mol. The van der Waals surface area contributed by atoms with Crippen molar-refractivity contribution < 1.29 is 37.0 Å². The van der Waals surface area contributed by atoms with E-state index < -0.39 is 35.1 Å². The van der Waals surface area contributed by atoms with Crippen molar-refractivity contribution in [3.05, 3.63) is 42.0 Å². The summed E-state index contributed by atoms with van der Waals surface area (Å²) in [7, 11) is 1.82. The van der Waals surface area contributed by atoms with E-state index in [4.69, 9.17) is 19.2 Å². The average Bonchev–Trinajstić information content (AvgIpc) is 3.74. The summed E-state index contributed by atoms with van der Waals surface area (Å²) in [4.78, 5) is 45.4. The van der Waals surface area contributed by atoms with Gasteiger partial charge < -0.3 is 19.1 Å². The fraction of sp³-hybridized carbons (Fsp3) is 0.513. The third kappa shape index (κ3) is 7.88. The molecule has 4 atom stereocenters. The van der Waals surface area contributed by atoms with Crippen molar-refractivity contribution in [3.8, 4) is 17.1 Å². The Morgan fingerprint density at radius 3 is 2.31 bits per heavy atom. The fourth-order valence-electron chi connectivity index (χ4n) is 7.64. The fourth-order valence-corrected chi connectivity index (χ4v) is 8.52. The normalized spacial score (nSPS) is 21.7. The number of carbonyl (C=O) groups is 2. The monoisotopic (exact) mass is 781 g/mol. The molecule has 12 nitrogen and oxygen atoms in total. The van der Waals surface area contributed by atoms with Crippen LogP contribution in [0.25, 0.3) is 38.3 Å². The number of piperazine rings is 1. The van der Waals surface area contributed by atoms with Crippen LogP contribution in [0.4, 0.5) is 33.7 Å². The number of amides is 2. The molecule has 0 radical (unpaired) electrons. The van der Waals surface area contributed by atoms with Crippen LogP contribution < -0.4 is 15.0 Å². The molecule has 0 saturated carbocycles. The highest BCUT2D eigenvalue weighted by atomic mass is 32.1. The van der Waals surface area contributed by atoms with Gasteiger partial charge >= 0.3 is 18.2 Å². The molecule has 2 aromatic carbocycles. The van der Waals surface area contributed by atoms with Crippen LogP contribution >= 0.6 is 11.3 Å². The van der Waals surface area contributed by atoms with Gasteiger partial charge in [-0.1, -0.05) is 24.0 Å². The first-order valence-corrected chi connectivity index (χ1v) is 19.2. The van der Waals surface area contributed by atoms with Crippen molar-refractivity contribution >= 4 is 61.7 Å². The Bertz CT molecular complexity index is 2160. The lowest BCUT2D eigenvalue weighted by Crippen LogP contribution is -2.57. The number of likely N-dealkylation sites (tertiary alicyclic amines) is 1. The zero-order valence-electron chi connectivity index (χ0n) is 32.0. The van der Waals surface area contributed by atoms with Crippen molar-refractivity contribution in [1.82, 2.24) is 24.8 Å². The Hall–Kier alpha value is -4.70. The van der Waals surface area contributed by atoms with E-state index in [-0.39, 0.29) is 81.8 Å². The summed E-state index contributed by atoms with van der Waals surface area (Å²) in [6.07, 6.45) is 1.19. The molecule has 1 N–H and O–H groups in total. The molecular formula is C39H46F3N7O5S. The Morgan fingerprint density at radius 1 is 1.00 bits per heavy atom. The Morgan fingerprint density at radius 2 is 1.69 bits per heavy atom. The molecule has 0 spiro atoms. The van der Waals surface area contributed by atoms with Crippen LogP contribution in [0.1, 0.15) is 66.4 Å². The van der Waals surface area contributed by atoms with Gasteiger partial charge in [0.15, 0.2) is 10.9 Å². The topological polar surface area (TPSA) is 122 Å². The summed E-state index contributed by atoms with van der Waals surface area (Å²) in [5.41, 5.74) is -0.646. The molecule has 5 heterocycles. The average molecular weight is 782 g/mol. The van der Waals surface area contributed by atoms with E-state index in [9.17, 15) is 14.0 Å². The summed E-state index contributed by atoms with van der Waals surface area (Å²) in [5, 5.41) is 3.02. The van der Waals surface area contributed by atoms with Gasteiger partial charge in [-0.3, -0.25) is 15.1 Å². The number of carbonyl (C=O) groups excluding carboxylic acids is 2. The van der Waals surface area contributed by atoms with E-state index in [0.29, 0.717) is 29.9 Å². The molecule has 16 heteroatoms. The number of likely N-dealkylation sites (N-methyl/N-ethyl adjacent to an activating group) is 1. The third-order valence-corrected chi connectivity index (χ3v) is 10.9. The minimum Gasteiger partial charge on any atom is -0.462 e. The van der Waals surface area contributed by atoms with E-state index in [2.05, 4.69) is 21.9 Å². The van der Waals surface area contributed by atoms with Gasteiger partial charge in [-0.2, -0.15) is 9.97 Å². The van der Waals surface area contributed by atoms with Crippen LogP contribution in [0.3, 0.4) is 0 Å². The first-order chi connectivity index (χ1) is 25.9. The number of alkyl halides is 1. The lowest BCUT2D eigenvalue weighted by atomic mass is 9.95. The van der Waals surface area contributed by atoms with Gasteiger partial charge in [0, 0.05) is 42.2 Å². The van der Waals surface area contributed by atoms with Crippen molar-refractivity contribution in [2.45, 2.75) is 96.3 Å². The Balaban J connectivity index is 1.32. The summed E-state index contributed by atoms with van der Waals surface area (Å²) >= 11 is 0.898. The standard InChI is InChI=1S/C39H46F3N7O5S/c1-9-20-14-26-30(29(42)28(20)25-12-13-27(41)32-31(25)44-35(55-32)46-36(50)53-38(2,3)4)43-34(52-19-24-15-21(40)16-47(24)8)45-33(26)48-17-22-10-11-23(18-48)49(22)37(51)54-39(5,6)7/h9,12-14,21-24H,1,10-11,15-19H2,2-8H3,(H,44,46,50)/t21-,22?,23?,24+/m1/s1. The minimum absolute atomic E-state index is 0.0505. The smallest absolute Gasteiger partial charge is 0.413 e. The molecule has 0 aliphatic carbocycles. The SMILES string of the molecule is C=Cc1cc2c(N3CC4CCC(C3)N4C(=O)OC(C)(C)C)nc(OC[C@@H]3C[C@@H](F)CN3C)nc2c(F)c1-c1ccc(F)c2sc(NC(=O)OC(C)(C)C)nc12. The molecule has 3 saturated heterocycles. The lowest BCUT2D eigenvalue weighted by Gasteiger charge is -2.42. The number of rotatable bonds is 7. The molecule has 2 amide bonds. The highest BCUT2D eigenvalue weighted by Gasteiger charge is 2.45. The van der Waals surface area contributed by atoms with E-state index in [1.165, 1.54) is 18.2 Å². The van der Waals surface area contributed by atoms with Gasteiger partial charge in [-0.05, 0) is 91.6 Å². The molecule has 2 aromatic heterocycles. The van der Waals surface area contributed by atoms with E-state index in [1.807, 2.05) is 37.6 Å². The predicted octanol–water partition coefficient (Wildman–Crippen LogP) is 8.18. The van der Waals surface area contributed by atoms with Crippen molar-refractivity contribution in [3.63, 3.8) is 0 Å². The zero-order chi connectivity index (χ0) is 39.6. The second kappa shape index (κ2) is 14.4. The van der Waals surface area contributed by atoms with Crippen molar-refractivity contribution in [2.75, 3.05) is 43.5 Å². The number of benzene rings is 2. The number of thiazole rings is 1. The minimum atomic E-state index is -0.987. The van der Waals surface area contributed by atoms with Gasteiger partial charge in [0.2, 0.25) is 0 Å². The van der Waals surface area contributed by atoms with Crippen LogP contribution in [0, 0.1) is 11.6 Å². The summed E-state index contributed by atoms with van der Waals surface area (Å²) in [6, 6.07) is 3.75. The first kappa shape index (κ1) is 38.6. The van der Waals surface area contributed by atoms with E-state index in [0.717, 1.165) is 24.2 Å². The van der Waals surface area contributed by atoms with Gasteiger partial charge in [0.05, 0.1) is 22.3 Å². The number of fused-ring (bicyclic) bond motifs is 4. The molecule has 4 aromatic rings. The molecule has 294 valence electrons. The zero-order valence-corrected chi connectivity index (χ0v) is 32.9. The number of anilines is 2. The third-order valence-electron chi connectivity index (χ3n) is 9.94. The van der Waals surface area contributed by atoms with Gasteiger partial charge in [0.25, 0.3) is 0 Å². The molecule has 3 aliphatic heterocycles. The Labute approximate surface area is 321 Å². The van der Waals surface area contributed by atoms with Gasteiger partial charge in [-0.15, -0.1) is 0 Å². The second-order valence-electron chi connectivity index (χ2n) is 16.4. The Kier molecular flexibility index (Phi) is 10.1. The highest BCUT2D eigenvalue weighted by molar-refractivity contribution is 7.22. The molecular weight excluding hydrogens is 736 g/mol. The van der Waals surface area contributed by atoms with E-state index in [1.54, 1.807) is 31.7 Å². The number of halogens is 3. The second-order valence-corrected chi connectivity index (χ2v) is 17.4. The quantitative estimate of drug-likeness (QED) is 0.197.